The van der Waals surface area contributed by atoms with Gasteiger partial charge in [-0.25, -0.2) is 4.98 Å². The highest BCUT2D eigenvalue weighted by molar-refractivity contribution is 5.85. The number of hydrogen-bond acceptors (Lipinski definition) is 3. The highest BCUT2D eigenvalue weighted by Crippen LogP contribution is 2.12. The van der Waals surface area contributed by atoms with Crippen molar-refractivity contribution in [1.29, 1.82) is 0 Å². The molecule has 22 heavy (non-hydrogen) atoms. The van der Waals surface area contributed by atoms with Crippen LogP contribution in [0.5, 0.6) is 0 Å². The van der Waals surface area contributed by atoms with Crippen LogP contribution in [0, 0.1) is 0 Å². The van der Waals surface area contributed by atoms with E-state index in [0.717, 1.165) is 37.3 Å². The number of amides is 1. The maximum absolute atomic E-state index is 12.3. The molecule has 0 spiro atoms. The van der Waals surface area contributed by atoms with Crippen LogP contribution in [0.15, 0.2) is 30.6 Å². The Morgan fingerprint density at radius 3 is 2.77 bits per heavy atom. The number of halogens is 2. The smallest absolute Gasteiger partial charge is 0.228 e. The lowest BCUT2D eigenvalue weighted by Gasteiger charge is -2.31. The van der Waals surface area contributed by atoms with Crippen LogP contribution in [-0.2, 0) is 11.2 Å². The monoisotopic (exact) mass is 344 g/mol. The summed E-state index contributed by atoms with van der Waals surface area (Å²) in [5, 5.41) is 3.32. The highest BCUT2D eigenvalue weighted by Gasteiger charge is 2.22. The fourth-order valence-corrected chi connectivity index (χ4v) is 2.75. The number of piperidine rings is 1. The highest BCUT2D eigenvalue weighted by atomic mass is 35.5. The molecule has 3 heterocycles. The molecule has 0 bridgehead atoms. The van der Waals surface area contributed by atoms with Gasteiger partial charge < -0.3 is 14.6 Å². The average Bonchev–Trinajstić information content (AvgIpc) is 2.89. The molecule has 1 aliphatic rings. The Kier molecular flexibility index (Phi) is 7.13. The summed E-state index contributed by atoms with van der Waals surface area (Å²) in [5.41, 5.74) is 1.72. The number of nitrogens with one attached hydrogen (secondary N) is 1. The Bertz CT molecular complexity index is 577. The van der Waals surface area contributed by atoms with Crippen molar-refractivity contribution < 1.29 is 4.79 Å². The summed E-state index contributed by atoms with van der Waals surface area (Å²) < 4.78 is 1.95. The predicted octanol–water partition coefficient (Wildman–Crippen LogP) is 1.93. The predicted molar refractivity (Wildman–Crippen MR) is 92.1 cm³/mol. The van der Waals surface area contributed by atoms with E-state index in [0.29, 0.717) is 12.5 Å². The zero-order valence-electron chi connectivity index (χ0n) is 12.6. The van der Waals surface area contributed by atoms with Crippen molar-refractivity contribution in [2.75, 3.05) is 20.1 Å². The van der Waals surface area contributed by atoms with Crippen LogP contribution in [0.2, 0.25) is 0 Å². The zero-order valence-corrected chi connectivity index (χ0v) is 14.2. The van der Waals surface area contributed by atoms with Gasteiger partial charge in [0.15, 0.2) is 0 Å². The lowest BCUT2D eigenvalue weighted by atomic mass is 10.0. The van der Waals surface area contributed by atoms with Gasteiger partial charge in [-0.2, -0.15) is 0 Å². The fourth-order valence-electron chi connectivity index (χ4n) is 2.75. The molecular formula is C15H22Cl2N4O. The fraction of sp³-hybridized carbons (Fsp3) is 0.467. The van der Waals surface area contributed by atoms with Gasteiger partial charge in [-0.3, -0.25) is 4.79 Å². The molecule has 0 atom stereocenters. The molecule has 0 aliphatic carbocycles. The topological polar surface area (TPSA) is 49.6 Å². The van der Waals surface area contributed by atoms with Crippen LogP contribution in [0.25, 0.3) is 5.65 Å². The number of nitrogens with zero attached hydrogens (tertiary/aromatic N) is 3. The van der Waals surface area contributed by atoms with E-state index in [2.05, 4.69) is 10.3 Å². The van der Waals surface area contributed by atoms with Crippen molar-refractivity contribution in [2.45, 2.75) is 25.3 Å². The molecule has 2 aromatic rings. The van der Waals surface area contributed by atoms with Crippen LogP contribution < -0.4 is 5.32 Å². The minimum atomic E-state index is 0. The van der Waals surface area contributed by atoms with Gasteiger partial charge in [0.25, 0.3) is 0 Å². The number of fused-ring (bicyclic) bond motifs is 1. The quantitative estimate of drug-likeness (QED) is 0.925. The van der Waals surface area contributed by atoms with E-state index in [-0.39, 0.29) is 30.7 Å². The summed E-state index contributed by atoms with van der Waals surface area (Å²) in [5.74, 6) is 0.153. The molecule has 0 unspecified atom stereocenters. The lowest BCUT2D eigenvalue weighted by molar-refractivity contribution is -0.131. The summed E-state index contributed by atoms with van der Waals surface area (Å²) in [6.07, 6.45) is 6.33. The number of carbonyl (C=O) groups excluding carboxylic acids is 1. The second-order valence-corrected chi connectivity index (χ2v) is 5.36. The molecule has 0 saturated carbocycles. The third kappa shape index (κ3) is 4.12. The van der Waals surface area contributed by atoms with Gasteiger partial charge in [-0.1, -0.05) is 6.07 Å². The molecule has 3 rings (SSSR count). The standard InChI is InChI=1S/C15H20N4O.2ClH/c1-18(13-5-7-16-8-6-13)15(20)10-12-11-19-9-3-2-4-14(19)17-12;;/h2-4,9,11,13,16H,5-8,10H2,1H3;2*1H. The first-order valence-electron chi connectivity index (χ1n) is 7.13. The summed E-state index contributed by atoms with van der Waals surface area (Å²) in [6.45, 7) is 1.99. The Morgan fingerprint density at radius 1 is 1.36 bits per heavy atom. The van der Waals surface area contributed by atoms with E-state index in [9.17, 15) is 4.79 Å². The van der Waals surface area contributed by atoms with E-state index >= 15 is 0 Å². The van der Waals surface area contributed by atoms with Gasteiger partial charge in [0.1, 0.15) is 5.65 Å². The molecule has 0 radical (unpaired) electrons. The Balaban J connectivity index is 0.00000121. The molecule has 1 aliphatic heterocycles. The van der Waals surface area contributed by atoms with Gasteiger partial charge in [-0.05, 0) is 38.1 Å². The van der Waals surface area contributed by atoms with Crippen molar-refractivity contribution in [3.05, 3.63) is 36.3 Å². The summed E-state index contributed by atoms with van der Waals surface area (Å²) in [7, 11) is 1.91. The summed E-state index contributed by atoms with van der Waals surface area (Å²) in [6, 6.07) is 6.22. The number of carbonyl (C=O) groups is 1. The van der Waals surface area contributed by atoms with Gasteiger partial charge in [0, 0.05) is 25.5 Å². The molecule has 1 amide bonds. The second kappa shape index (κ2) is 8.36. The third-order valence-corrected chi connectivity index (χ3v) is 4.00. The van der Waals surface area contributed by atoms with E-state index in [1.54, 1.807) is 0 Å². The maximum Gasteiger partial charge on any atom is 0.228 e. The maximum atomic E-state index is 12.3. The molecule has 0 aromatic carbocycles. The largest absolute Gasteiger partial charge is 0.342 e. The zero-order chi connectivity index (χ0) is 13.9. The Morgan fingerprint density at radius 2 is 2.09 bits per heavy atom. The van der Waals surface area contributed by atoms with Gasteiger partial charge in [0.2, 0.25) is 5.91 Å². The molecule has 1 N–H and O–H groups in total. The van der Waals surface area contributed by atoms with Gasteiger partial charge in [0.05, 0.1) is 12.1 Å². The van der Waals surface area contributed by atoms with E-state index in [1.165, 1.54) is 0 Å². The van der Waals surface area contributed by atoms with E-state index < -0.39 is 0 Å². The third-order valence-electron chi connectivity index (χ3n) is 4.00. The number of aromatic nitrogens is 2. The molecule has 1 saturated heterocycles. The van der Waals surface area contributed by atoms with Crippen LogP contribution >= 0.6 is 24.8 Å². The summed E-state index contributed by atoms with van der Waals surface area (Å²) in [4.78, 5) is 18.7. The normalized spacial score (nSPS) is 15.0. The molecule has 122 valence electrons. The number of pyridine rings is 1. The van der Waals surface area contributed by atoms with Gasteiger partial charge >= 0.3 is 0 Å². The summed E-state index contributed by atoms with van der Waals surface area (Å²) >= 11 is 0. The van der Waals surface area contributed by atoms with Crippen molar-refractivity contribution in [3.63, 3.8) is 0 Å². The van der Waals surface area contributed by atoms with Crippen LogP contribution in [0.3, 0.4) is 0 Å². The van der Waals surface area contributed by atoms with Crippen molar-refractivity contribution in [3.8, 4) is 0 Å². The molecule has 1 fully saturated rings. The van der Waals surface area contributed by atoms with Crippen LogP contribution in [-0.4, -0.2) is 46.4 Å². The minimum absolute atomic E-state index is 0. The van der Waals surface area contributed by atoms with Crippen molar-refractivity contribution in [1.82, 2.24) is 19.6 Å². The molecule has 5 nitrogen and oxygen atoms in total. The van der Waals surface area contributed by atoms with Crippen LogP contribution in [0.1, 0.15) is 18.5 Å². The van der Waals surface area contributed by atoms with Crippen molar-refractivity contribution in [2.24, 2.45) is 0 Å². The molecular weight excluding hydrogens is 323 g/mol. The number of hydrogen-bond donors (Lipinski definition) is 1. The Labute approximate surface area is 142 Å². The van der Waals surface area contributed by atoms with Gasteiger partial charge in [-0.15, -0.1) is 24.8 Å². The minimum Gasteiger partial charge on any atom is -0.342 e. The number of imidazole rings is 1. The second-order valence-electron chi connectivity index (χ2n) is 5.36. The average molecular weight is 345 g/mol. The van der Waals surface area contributed by atoms with E-state index in [1.807, 2.05) is 46.9 Å². The van der Waals surface area contributed by atoms with E-state index in [4.69, 9.17) is 0 Å². The lowest BCUT2D eigenvalue weighted by Crippen LogP contribution is -2.44. The first-order valence-corrected chi connectivity index (χ1v) is 7.13. The number of rotatable bonds is 3. The SMILES string of the molecule is CN(C(=O)Cc1cn2ccccc2n1)C1CCNCC1.Cl.Cl. The van der Waals surface area contributed by atoms with Crippen LogP contribution in [0.4, 0.5) is 0 Å². The molecule has 7 heteroatoms. The molecule has 2 aromatic heterocycles. The van der Waals surface area contributed by atoms with Crippen molar-refractivity contribution >= 4 is 36.4 Å². The Hall–Kier alpha value is -1.30. The first kappa shape index (κ1) is 18.7. The first-order chi connectivity index (χ1) is 9.74. The number of likely N-dealkylation sites (N-methyl/N-ethyl adjacent to an activating group) is 1.